The second-order valence-electron chi connectivity index (χ2n) is 11.2. The standard InChI is InChI=1S/C29H35N4O11PS3/c1-16-12-32(28(39)30-25(16)36)23-10-19(35)22(43-23)15-41-45(46,48-9-8-47-27(38)18-6-4-3-5-7-18)44-20-11-24(42-21(20)14-34)33-13-17(2)26(37)31-29(33)40/h3-7,12-13,19-24,34-35H,8-11,14-15H2,1-2H3,(H,30,36,39)(H,31,37,40)/t19-,20-,21+,22+,23+,24+,45?/m0/s1. The van der Waals surface area contributed by atoms with Crippen LogP contribution in [0.15, 0.2) is 61.9 Å². The van der Waals surface area contributed by atoms with Gasteiger partial charge in [0.05, 0.1) is 25.4 Å². The number of nitrogens with one attached hydrogen (secondary N) is 2. The topological polar surface area (TPSA) is 204 Å². The van der Waals surface area contributed by atoms with Crippen molar-refractivity contribution in [1.29, 1.82) is 0 Å². The zero-order valence-corrected chi connectivity index (χ0v) is 29.2. The third-order valence-corrected chi connectivity index (χ3v) is 14.2. The van der Waals surface area contributed by atoms with Gasteiger partial charge in [0.2, 0.25) is 10.8 Å². The van der Waals surface area contributed by atoms with Crippen LogP contribution in [0.3, 0.4) is 0 Å². The number of ether oxygens (including phenoxy) is 2. The first kappa shape index (κ1) is 36.6. The molecule has 19 heteroatoms. The summed E-state index contributed by atoms with van der Waals surface area (Å²) >= 11 is 8.22. The van der Waals surface area contributed by atoms with Crippen LogP contribution in [0.25, 0.3) is 0 Å². The van der Waals surface area contributed by atoms with Crippen molar-refractivity contribution in [1.82, 2.24) is 19.1 Å². The number of aromatic nitrogens is 4. The van der Waals surface area contributed by atoms with Crippen molar-refractivity contribution in [2.45, 2.75) is 63.6 Å². The molecule has 0 aliphatic carbocycles. The van der Waals surface area contributed by atoms with Crippen LogP contribution >= 0.6 is 28.8 Å². The van der Waals surface area contributed by atoms with E-state index in [-0.39, 0.29) is 24.6 Å². The molecule has 1 aromatic carbocycles. The van der Waals surface area contributed by atoms with Gasteiger partial charge in [-0.05, 0) is 25.7 Å². The number of H-pyrrole nitrogens is 2. The van der Waals surface area contributed by atoms with E-state index in [1.54, 1.807) is 38.1 Å². The molecular formula is C29H35N4O11PS3. The predicted molar refractivity (Wildman–Crippen MR) is 183 cm³/mol. The lowest BCUT2D eigenvalue weighted by atomic mass is 10.2. The molecule has 48 heavy (non-hydrogen) atoms. The lowest BCUT2D eigenvalue weighted by molar-refractivity contribution is -0.0485. The van der Waals surface area contributed by atoms with Crippen molar-refractivity contribution in [3.05, 3.63) is 101 Å². The Bertz CT molecular complexity index is 1900. The highest BCUT2D eigenvalue weighted by molar-refractivity contribution is 8.68. The van der Waals surface area contributed by atoms with Gasteiger partial charge in [0, 0.05) is 53.4 Å². The van der Waals surface area contributed by atoms with Crippen LogP contribution in [0, 0.1) is 13.8 Å². The molecule has 0 spiro atoms. The van der Waals surface area contributed by atoms with Gasteiger partial charge in [-0.15, -0.1) is 0 Å². The minimum absolute atomic E-state index is 0.0482. The van der Waals surface area contributed by atoms with Gasteiger partial charge in [-0.3, -0.25) is 33.5 Å². The molecule has 2 aliphatic rings. The molecule has 4 N–H and O–H groups in total. The van der Waals surface area contributed by atoms with Crippen molar-refractivity contribution in [2.75, 3.05) is 24.7 Å². The molecule has 0 bridgehead atoms. The number of carbonyl (C=O) groups is 1. The summed E-state index contributed by atoms with van der Waals surface area (Å²) in [5.74, 6) is 0.727. The largest absolute Gasteiger partial charge is 0.394 e. The van der Waals surface area contributed by atoms with Gasteiger partial charge in [0.15, 0.2) is 0 Å². The number of aryl methyl sites for hydroxylation is 2. The average molecular weight is 743 g/mol. The van der Waals surface area contributed by atoms with Crippen molar-refractivity contribution >= 4 is 45.8 Å². The molecule has 0 saturated carbocycles. The third-order valence-electron chi connectivity index (χ3n) is 7.71. The van der Waals surface area contributed by atoms with Crippen LogP contribution in [-0.2, 0) is 30.3 Å². The quantitative estimate of drug-likeness (QED) is 0.145. The van der Waals surface area contributed by atoms with E-state index in [0.29, 0.717) is 28.2 Å². The predicted octanol–water partition coefficient (Wildman–Crippen LogP) is 1.56. The Morgan fingerprint density at radius 1 is 0.958 bits per heavy atom. The number of carbonyl (C=O) groups excluding carboxylic acids is 1. The number of nitrogens with zero attached hydrogens (tertiary/aromatic N) is 2. The Morgan fingerprint density at radius 2 is 1.54 bits per heavy atom. The Hall–Kier alpha value is -2.64. The lowest BCUT2D eigenvalue weighted by Gasteiger charge is -2.28. The molecule has 0 amide bonds. The van der Waals surface area contributed by atoms with E-state index in [1.807, 2.05) is 6.07 Å². The van der Waals surface area contributed by atoms with Crippen molar-refractivity contribution in [3.63, 3.8) is 0 Å². The van der Waals surface area contributed by atoms with E-state index >= 15 is 0 Å². The molecule has 2 fully saturated rings. The minimum Gasteiger partial charge on any atom is -0.394 e. The van der Waals surface area contributed by atoms with Crippen LogP contribution in [0.2, 0.25) is 0 Å². The number of aromatic amines is 2. The maximum atomic E-state index is 12.6. The minimum atomic E-state index is -3.31. The van der Waals surface area contributed by atoms with Gasteiger partial charge in [0.1, 0.15) is 24.7 Å². The molecule has 2 saturated heterocycles. The third kappa shape index (κ3) is 8.74. The van der Waals surface area contributed by atoms with E-state index < -0.39 is 71.7 Å². The highest BCUT2D eigenvalue weighted by Crippen LogP contribution is 2.63. The number of hydrogen-bond donors (Lipinski definition) is 4. The molecule has 2 aliphatic heterocycles. The van der Waals surface area contributed by atoms with Crippen LogP contribution in [0.5, 0.6) is 0 Å². The molecule has 15 nitrogen and oxygen atoms in total. The van der Waals surface area contributed by atoms with Crippen molar-refractivity contribution in [3.8, 4) is 0 Å². The maximum Gasteiger partial charge on any atom is 0.330 e. The summed E-state index contributed by atoms with van der Waals surface area (Å²) in [5.41, 5.74) is -4.57. The fraction of sp³-hybridized carbons (Fsp3) is 0.483. The first-order valence-corrected chi connectivity index (χ1v) is 20.1. The molecule has 4 heterocycles. The second-order valence-corrected chi connectivity index (χ2v) is 18.6. The molecular weight excluding hydrogens is 708 g/mol. The first-order chi connectivity index (χ1) is 22.9. The molecule has 1 unspecified atom stereocenters. The van der Waals surface area contributed by atoms with Crippen LogP contribution < -0.4 is 22.5 Å². The molecule has 0 radical (unpaired) electrons. The summed E-state index contributed by atoms with van der Waals surface area (Å²) in [6.07, 6.45) is -2.52. The van der Waals surface area contributed by atoms with Crippen LogP contribution in [0.4, 0.5) is 0 Å². The lowest BCUT2D eigenvalue weighted by Crippen LogP contribution is -2.33. The Balaban J connectivity index is 1.29. The van der Waals surface area contributed by atoms with E-state index in [4.69, 9.17) is 30.3 Å². The summed E-state index contributed by atoms with van der Waals surface area (Å²) in [6.45, 7) is 2.42. The van der Waals surface area contributed by atoms with E-state index in [1.165, 1.54) is 32.9 Å². The van der Waals surface area contributed by atoms with Gasteiger partial charge in [-0.2, -0.15) is 0 Å². The van der Waals surface area contributed by atoms with Gasteiger partial charge in [-0.1, -0.05) is 53.5 Å². The average Bonchev–Trinajstić information content (AvgIpc) is 3.64. The molecule has 3 aromatic rings. The Morgan fingerprint density at radius 3 is 2.15 bits per heavy atom. The highest BCUT2D eigenvalue weighted by atomic mass is 32.9. The number of benzene rings is 1. The van der Waals surface area contributed by atoms with Gasteiger partial charge < -0.3 is 28.7 Å². The fourth-order valence-electron chi connectivity index (χ4n) is 5.15. The number of aliphatic hydroxyl groups excluding tert-OH is 2. The van der Waals surface area contributed by atoms with Gasteiger partial charge >= 0.3 is 11.4 Å². The zero-order chi connectivity index (χ0) is 34.6. The number of rotatable bonds is 13. The zero-order valence-electron chi connectivity index (χ0n) is 25.9. The van der Waals surface area contributed by atoms with Crippen LogP contribution in [0.1, 0.15) is 46.8 Å². The summed E-state index contributed by atoms with van der Waals surface area (Å²) in [7, 11) is 0. The van der Waals surface area contributed by atoms with Crippen LogP contribution in [-0.4, -0.2) is 83.6 Å². The van der Waals surface area contributed by atoms with E-state index in [9.17, 15) is 34.2 Å². The first-order valence-electron chi connectivity index (χ1n) is 14.9. The summed E-state index contributed by atoms with van der Waals surface area (Å²) in [6, 6.07) is 8.82. The highest BCUT2D eigenvalue weighted by Gasteiger charge is 2.42. The SMILES string of the molecule is Cc1cn([C@H]2C[C@H](OP(=S)(OC[C@H]3O[C@@H](n4cc(C)c(=O)[nH]c4=O)C[C@@H]3O)SCCSC(=O)c3ccccc3)[C@@H](CO)O2)c(=O)[nH]c1=O. The Labute approximate surface area is 286 Å². The number of hydrogen-bond acceptors (Lipinski definition) is 14. The fourth-order valence-corrected chi connectivity index (χ4v) is 11.0. The second kappa shape index (κ2) is 15.9. The van der Waals surface area contributed by atoms with Gasteiger partial charge in [0.25, 0.3) is 11.1 Å². The van der Waals surface area contributed by atoms with Crippen molar-refractivity contribution < 1.29 is 33.5 Å². The molecule has 7 atom stereocenters. The number of aliphatic hydroxyl groups is 2. The molecule has 260 valence electrons. The summed E-state index contributed by atoms with van der Waals surface area (Å²) in [5, 5.41) is 20.8. The van der Waals surface area contributed by atoms with Gasteiger partial charge in [-0.25, -0.2) is 9.59 Å². The van der Waals surface area contributed by atoms with Crippen molar-refractivity contribution in [2.24, 2.45) is 0 Å². The molecule has 2 aromatic heterocycles. The number of thioether (sulfide) groups is 1. The summed E-state index contributed by atoms with van der Waals surface area (Å²) in [4.78, 5) is 65.7. The Kier molecular flexibility index (Phi) is 12.2. The monoisotopic (exact) mass is 742 g/mol. The smallest absolute Gasteiger partial charge is 0.330 e. The maximum absolute atomic E-state index is 12.6. The molecule has 5 rings (SSSR count). The normalized spacial score (nSPS) is 25.2. The summed E-state index contributed by atoms with van der Waals surface area (Å²) < 4.78 is 26.8. The van der Waals surface area contributed by atoms with E-state index in [2.05, 4.69) is 9.97 Å². The van der Waals surface area contributed by atoms with E-state index in [0.717, 1.165) is 11.8 Å².